The van der Waals surface area contributed by atoms with Crippen molar-refractivity contribution >= 4 is 17.3 Å². The van der Waals surface area contributed by atoms with Crippen molar-refractivity contribution in [3.05, 3.63) is 59.7 Å². The van der Waals surface area contributed by atoms with Crippen molar-refractivity contribution < 1.29 is 9.69 Å². The number of quaternary nitrogens is 1. The fraction of sp³-hybridized carbons (Fsp3) is 0.435. The minimum Gasteiger partial charge on any atom is -0.327 e. The Bertz CT molecular complexity index is 743. The summed E-state index contributed by atoms with van der Waals surface area (Å²) in [6.07, 6.45) is 3.26. The highest BCUT2D eigenvalue weighted by atomic mass is 16.2. The Morgan fingerprint density at radius 1 is 0.923 bits per heavy atom. The number of nitrogens with zero attached hydrogens (tertiary/aromatic N) is 1. The molecular formula is C23H29N2O+. The second-order valence-electron chi connectivity index (χ2n) is 8.27. The van der Waals surface area contributed by atoms with E-state index in [0.717, 1.165) is 37.3 Å². The molecule has 2 heterocycles. The van der Waals surface area contributed by atoms with Gasteiger partial charge in [-0.2, -0.15) is 0 Å². The average Bonchev–Trinajstić information content (AvgIpc) is 2.77. The first-order valence-electron chi connectivity index (χ1n) is 9.94. The van der Waals surface area contributed by atoms with E-state index in [4.69, 9.17) is 0 Å². The molecule has 3 heteroatoms. The highest BCUT2D eigenvalue weighted by Crippen LogP contribution is 2.35. The molecule has 2 aliphatic heterocycles. The van der Waals surface area contributed by atoms with E-state index >= 15 is 0 Å². The maximum absolute atomic E-state index is 13.5. The van der Waals surface area contributed by atoms with Crippen LogP contribution in [0, 0.1) is 11.8 Å². The number of hydrogen-bond acceptors (Lipinski definition) is 1. The number of benzene rings is 2. The molecule has 1 unspecified atom stereocenters. The van der Waals surface area contributed by atoms with Gasteiger partial charge in [-0.3, -0.25) is 9.69 Å². The van der Waals surface area contributed by atoms with Crippen LogP contribution in [0.5, 0.6) is 0 Å². The predicted molar refractivity (Wildman–Crippen MR) is 106 cm³/mol. The number of nitrogens with one attached hydrogen (secondary N) is 1. The normalized spacial score (nSPS) is 25.2. The van der Waals surface area contributed by atoms with Gasteiger partial charge in [0.2, 0.25) is 0 Å². The quantitative estimate of drug-likeness (QED) is 0.886. The van der Waals surface area contributed by atoms with Crippen molar-refractivity contribution in [3.8, 4) is 0 Å². The van der Waals surface area contributed by atoms with Gasteiger partial charge in [0, 0.05) is 11.8 Å². The molecule has 0 aliphatic carbocycles. The molecule has 26 heavy (non-hydrogen) atoms. The van der Waals surface area contributed by atoms with Crippen molar-refractivity contribution in [1.82, 2.24) is 0 Å². The largest absolute Gasteiger partial charge is 0.327 e. The third kappa shape index (κ3) is 3.41. The molecule has 0 saturated carbocycles. The van der Waals surface area contributed by atoms with E-state index in [1.807, 2.05) is 17.0 Å². The van der Waals surface area contributed by atoms with Crippen molar-refractivity contribution in [3.63, 3.8) is 0 Å². The SMILES string of the molecule is C[C@@H]1C[C@H](C)C[NH+](CC(=O)N2c3ccccc3CCc3ccccc32)C1. The van der Waals surface area contributed by atoms with Crippen LogP contribution in [0.25, 0.3) is 0 Å². The van der Waals surface area contributed by atoms with Crippen LogP contribution in [-0.4, -0.2) is 25.5 Å². The fourth-order valence-electron chi connectivity index (χ4n) is 4.91. The first-order chi connectivity index (χ1) is 12.6. The van der Waals surface area contributed by atoms with Gasteiger partial charge in [-0.05, 0) is 42.5 Å². The van der Waals surface area contributed by atoms with Gasteiger partial charge in [0.25, 0.3) is 5.91 Å². The van der Waals surface area contributed by atoms with Crippen LogP contribution in [0.15, 0.2) is 48.5 Å². The van der Waals surface area contributed by atoms with E-state index < -0.39 is 0 Å². The number of anilines is 2. The van der Waals surface area contributed by atoms with Crippen LogP contribution in [-0.2, 0) is 17.6 Å². The Hall–Kier alpha value is -2.13. The molecule has 0 bridgehead atoms. The van der Waals surface area contributed by atoms with E-state index in [0.29, 0.717) is 18.4 Å². The van der Waals surface area contributed by atoms with Gasteiger partial charge in [-0.1, -0.05) is 50.2 Å². The van der Waals surface area contributed by atoms with Crippen LogP contribution >= 0.6 is 0 Å². The van der Waals surface area contributed by atoms with Gasteiger partial charge >= 0.3 is 0 Å². The number of carbonyl (C=O) groups excluding carboxylic acids is 1. The van der Waals surface area contributed by atoms with Crippen LogP contribution < -0.4 is 9.80 Å². The van der Waals surface area contributed by atoms with Gasteiger partial charge in [-0.15, -0.1) is 0 Å². The lowest BCUT2D eigenvalue weighted by molar-refractivity contribution is -0.904. The number of carbonyl (C=O) groups is 1. The number of piperidine rings is 1. The van der Waals surface area contributed by atoms with Crippen LogP contribution in [0.4, 0.5) is 11.4 Å². The summed E-state index contributed by atoms with van der Waals surface area (Å²) in [6, 6.07) is 16.8. The highest BCUT2D eigenvalue weighted by Gasteiger charge is 2.31. The Balaban J connectivity index is 1.67. The molecular weight excluding hydrogens is 320 g/mol. The van der Waals surface area contributed by atoms with Crippen molar-refractivity contribution in [2.24, 2.45) is 11.8 Å². The van der Waals surface area contributed by atoms with E-state index in [2.05, 4.69) is 50.2 Å². The van der Waals surface area contributed by atoms with E-state index in [9.17, 15) is 4.79 Å². The van der Waals surface area contributed by atoms with E-state index in [-0.39, 0.29) is 5.91 Å². The summed E-state index contributed by atoms with van der Waals surface area (Å²) in [6.45, 7) is 7.42. The van der Waals surface area contributed by atoms with Crippen molar-refractivity contribution in [2.75, 3.05) is 24.5 Å². The second kappa shape index (κ2) is 7.24. The van der Waals surface area contributed by atoms with Gasteiger partial charge < -0.3 is 4.90 Å². The van der Waals surface area contributed by atoms with Crippen LogP contribution in [0.2, 0.25) is 0 Å². The molecule has 4 rings (SSSR count). The third-order valence-corrected chi connectivity index (χ3v) is 5.86. The Labute approximate surface area is 156 Å². The second-order valence-corrected chi connectivity index (χ2v) is 8.27. The molecule has 0 aromatic heterocycles. The summed E-state index contributed by atoms with van der Waals surface area (Å²) < 4.78 is 0. The zero-order valence-corrected chi connectivity index (χ0v) is 15.9. The molecule has 2 aromatic carbocycles. The molecule has 2 aromatic rings. The van der Waals surface area contributed by atoms with Crippen LogP contribution in [0.3, 0.4) is 0 Å². The lowest BCUT2D eigenvalue weighted by Crippen LogP contribution is -3.15. The molecule has 3 atom stereocenters. The molecule has 0 spiro atoms. The minimum atomic E-state index is 0.225. The Morgan fingerprint density at radius 3 is 1.96 bits per heavy atom. The van der Waals surface area contributed by atoms with E-state index in [1.165, 1.54) is 22.4 Å². The van der Waals surface area contributed by atoms with Crippen molar-refractivity contribution in [2.45, 2.75) is 33.1 Å². The molecule has 1 N–H and O–H groups in total. The highest BCUT2D eigenvalue weighted by molar-refractivity contribution is 6.02. The summed E-state index contributed by atoms with van der Waals surface area (Å²) in [7, 11) is 0. The summed E-state index contributed by atoms with van der Waals surface area (Å²) in [4.78, 5) is 16.9. The maximum Gasteiger partial charge on any atom is 0.286 e. The van der Waals surface area contributed by atoms with E-state index in [1.54, 1.807) is 0 Å². The fourth-order valence-corrected chi connectivity index (χ4v) is 4.91. The molecule has 1 fully saturated rings. The minimum absolute atomic E-state index is 0.225. The van der Waals surface area contributed by atoms with Crippen molar-refractivity contribution in [1.29, 1.82) is 0 Å². The number of para-hydroxylation sites is 2. The topological polar surface area (TPSA) is 24.8 Å². The Morgan fingerprint density at radius 2 is 1.42 bits per heavy atom. The van der Waals surface area contributed by atoms with Crippen LogP contribution in [0.1, 0.15) is 31.4 Å². The lowest BCUT2D eigenvalue weighted by Gasteiger charge is -2.33. The first kappa shape index (κ1) is 17.3. The molecule has 3 nitrogen and oxygen atoms in total. The molecule has 1 amide bonds. The van der Waals surface area contributed by atoms with Gasteiger partial charge in [0.1, 0.15) is 0 Å². The Kier molecular flexibility index (Phi) is 4.82. The molecule has 1 saturated heterocycles. The summed E-state index contributed by atoms with van der Waals surface area (Å²) in [5, 5.41) is 0. The summed E-state index contributed by atoms with van der Waals surface area (Å²) in [5.74, 6) is 1.62. The molecule has 0 radical (unpaired) electrons. The van der Waals surface area contributed by atoms with Gasteiger partial charge in [-0.25, -0.2) is 0 Å². The number of amides is 1. The summed E-state index contributed by atoms with van der Waals surface area (Å²) in [5.41, 5.74) is 4.68. The third-order valence-electron chi connectivity index (χ3n) is 5.86. The zero-order valence-electron chi connectivity index (χ0n) is 15.9. The summed E-state index contributed by atoms with van der Waals surface area (Å²) >= 11 is 0. The number of likely N-dealkylation sites (tertiary alicyclic amines) is 1. The number of aryl methyl sites for hydroxylation is 2. The standard InChI is InChI=1S/C23H28N2O/c1-17-13-18(2)15-24(14-17)16-23(26)25-21-9-5-3-7-19(21)11-12-20-8-4-6-10-22(20)25/h3-10,17-18H,11-16H2,1-2H3/p+1/t17-,18+. The number of hydrogen-bond donors (Lipinski definition) is 1. The smallest absolute Gasteiger partial charge is 0.286 e. The van der Waals surface area contributed by atoms with Gasteiger partial charge in [0.05, 0.1) is 24.5 Å². The molecule has 136 valence electrons. The monoisotopic (exact) mass is 349 g/mol. The maximum atomic E-state index is 13.5. The number of fused-ring (bicyclic) bond motifs is 2. The van der Waals surface area contributed by atoms with Gasteiger partial charge in [0.15, 0.2) is 6.54 Å². The molecule has 2 aliphatic rings. The zero-order chi connectivity index (χ0) is 18.1. The average molecular weight is 349 g/mol. The first-order valence-corrected chi connectivity index (χ1v) is 9.94. The lowest BCUT2D eigenvalue weighted by atomic mass is 9.92. The predicted octanol–water partition coefficient (Wildman–Crippen LogP) is 3.01. The number of rotatable bonds is 2.